The molecule has 2 heterocycles. The van der Waals surface area contributed by atoms with E-state index in [0.29, 0.717) is 21.7 Å². The fraction of sp³-hybridized carbons (Fsp3) is 0.118. The molecule has 0 aliphatic rings. The Labute approximate surface area is 159 Å². The van der Waals surface area contributed by atoms with E-state index in [1.807, 2.05) is 41.9 Å². The first-order valence-electron chi connectivity index (χ1n) is 7.64. The molecule has 3 aromatic rings. The number of aromatic nitrogens is 4. The number of nitrogens with one attached hydrogen (secondary N) is 1. The lowest BCUT2D eigenvalue weighted by molar-refractivity contribution is -0.118. The fourth-order valence-corrected chi connectivity index (χ4v) is 3.00. The zero-order valence-electron chi connectivity index (χ0n) is 13.8. The number of hydrazone groups is 1. The van der Waals surface area contributed by atoms with Crippen LogP contribution in [0, 0.1) is 0 Å². The van der Waals surface area contributed by atoms with Gasteiger partial charge in [0.25, 0.3) is 5.91 Å². The summed E-state index contributed by atoms with van der Waals surface area (Å²) in [5.74, 6) is 0.610. The van der Waals surface area contributed by atoms with Crippen molar-refractivity contribution in [2.75, 3.05) is 5.75 Å². The highest BCUT2D eigenvalue weighted by molar-refractivity contribution is 7.99. The maximum Gasteiger partial charge on any atom is 0.250 e. The molecule has 0 spiro atoms. The Balaban J connectivity index is 1.56. The lowest BCUT2D eigenvalue weighted by atomic mass is 10.2. The molecule has 1 amide bonds. The molecule has 0 aliphatic heterocycles. The van der Waals surface area contributed by atoms with E-state index in [2.05, 4.69) is 25.7 Å². The lowest BCUT2D eigenvalue weighted by Gasteiger charge is -2.04. The molecule has 0 saturated heterocycles. The number of nitrogens with zero attached hydrogens (tertiary/aromatic N) is 5. The summed E-state index contributed by atoms with van der Waals surface area (Å²) in [4.78, 5) is 16.0. The van der Waals surface area contributed by atoms with Gasteiger partial charge in [0.05, 0.1) is 17.7 Å². The second-order valence-corrected chi connectivity index (χ2v) is 6.59. The standard InChI is InChI=1S/C17H15ClN6OS/c1-24-16(12-5-4-6-13(18)9-12)22-23-17(24)26-11-15(25)21-20-10-14-7-2-3-8-19-14/h2-10H,11H2,1H3,(H,21,25). The first-order chi connectivity index (χ1) is 12.6. The second kappa shape index (κ2) is 8.59. The van der Waals surface area contributed by atoms with Crippen molar-refractivity contribution in [2.24, 2.45) is 12.1 Å². The Bertz CT molecular complexity index is 928. The summed E-state index contributed by atoms with van der Waals surface area (Å²) < 4.78 is 1.82. The Kier molecular flexibility index (Phi) is 5.98. The normalized spacial score (nSPS) is 11.0. The first-order valence-corrected chi connectivity index (χ1v) is 9.01. The molecule has 0 aliphatic carbocycles. The van der Waals surface area contributed by atoms with Crippen LogP contribution < -0.4 is 5.43 Å². The van der Waals surface area contributed by atoms with Gasteiger partial charge >= 0.3 is 0 Å². The predicted octanol–water partition coefficient (Wildman–Crippen LogP) is 2.77. The molecule has 0 atom stereocenters. The molecule has 1 aromatic carbocycles. The largest absolute Gasteiger partial charge is 0.305 e. The minimum atomic E-state index is -0.241. The van der Waals surface area contributed by atoms with Crippen LogP contribution in [0.2, 0.25) is 5.02 Å². The van der Waals surface area contributed by atoms with Gasteiger partial charge in [-0.05, 0) is 24.3 Å². The molecule has 0 saturated carbocycles. The molecule has 0 radical (unpaired) electrons. The summed E-state index contributed by atoms with van der Waals surface area (Å²) in [7, 11) is 1.84. The van der Waals surface area contributed by atoms with Crippen molar-refractivity contribution in [1.29, 1.82) is 0 Å². The van der Waals surface area contributed by atoms with Gasteiger partial charge in [-0.3, -0.25) is 9.78 Å². The second-order valence-electron chi connectivity index (χ2n) is 5.21. The number of hydrogen-bond donors (Lipinski definition) is 1. The van der Waals surface area contributed by atoms with E-state index in [1.54, 1.807) is 18.3 Å². The molecular weight excluding hydrogens is 372 g/mol. The fourth-order valence-electron chi connectivity index (χ4n) is 2.10. The molecule has 132 valence electrons. The van der Waals surface area contributed by atoms with Crippen LogP contribution in [0.3, 0.4) is 0 Å². The van der Waals surface area contributed by atoms with Crippen LogP contribution in [-0.4, -0.2) is 37.6 Å². The number of carbonyl (C=O) groups excluding carboxylic acids is 1. The van der Waals surface area contributed by atoms with Crippen molar-refractivity contribution < 1.29 is 4.79 Å². The highest BCUT2D eigenvalue weighted by Gasteiger charge is 2.13. The van der Waals surface area contributed by atoms with Gasteiger partial charge in [0.2, 0.25) is 0 Å². The molecule has 0 bridgehead atoms. The summed E-state index contributed by atoms with van der Waals surface area (Å²) in [5, 5.41) is 13.4. The minimum absolute atomic E-state index is 0.168. The van der Waals surface area contributed by atoms with E-state index < -0.39 is 0 Å². The van der Waals surface area contributed by atoms with Gasteiger partial charge in [0, 0.05) is 23.8 Å². The molecule has 3 rings (SSSR count). The Morgan fingerprint density at radius 2 is 2.19 bits per heavy atom. The molecule has 26 heavy (non-hydrogen) atoms. The zero-order chi connectivity index (χ0) is 18.4. The van der Waals surface area contributed by atoms with Crippen molar-refractivity contribution in [3.63, 3.8) is 0 Å². The Hall–Kier alpha value is -2.71. The number of hydrogen-bond acceptors (Lipinski definition) is 6. The molecule has 0 unspecified atom stereocenters. The zero-order valence-corrected chi connectivity index (χ0v) is 15.4. The van der Waals surface area contributed by atoms with Crippen LogP contribution >= 0.6 is 23.4 Å². The summed E-state index contributed by atoms with van der Waals surface area (Å²) in [6.07, 6.45) is 3.15. The Morgan fingerprint density at radius 3 is 2.96 bits per heavy atom. The number of halogens is 1. The number of pyridine rings is 1. The quantitative estimate of drug-likeness (QED) is 0.400. The number of benzene rings is 1. The van der Waals surface area contributed by atoms with Crippen molar-refractivity contribution >= 4 is 35.5 Å². The smallest absolute Gasteiger partial charge is 0.250 e. The molecule has 7 nitrogen and oxygen atoms in total. The van der Waals surface area contributed by atoms with Gasteiger partial charge in [-0.25, -0.2) is 5.43 Å². The summed E-state index contributed by atoms with van der Waals surface area (Å²) in [5.41, 5.74) is 3.99. The number of amides is 1. The van der Waals surface area contributed by atoms with Crippen LogP contribution in [0.15, 0.2) is 58.9 Å². The average molecular weight is 387 g/mol. The molecule has 2 aromatic heterocycles. The molecular formula is C17H15ClN6OS. The van der Waals surface area contributed by atoms with E-state index in [4.69, 9.17) is 11.6 Å². The van der Waals surface area contributed by atoms with E-state index in [-0.39, 0.29) is 11.7 Å². The average Bonchev–Trinajstić information content (AvgIpc) is 3.01. The number of carbonyl (C=O) groups is 1. The van der Waals surface area contributed by atoms with E-state index in [0.717, 1.165) is 5.56 Å². The summed E-state index contributed by atoms with van der Waals surface area (Å²) >= 11 is 7.29. The SMILES string of the molecule is Cn1c(SCC(=O)NN=Cc2ccccn2)nnc1-c1cccc(Cl)c1. The molecule has 1 N–H and O–H groups in total. The van der Waals surface area contributed by atoms with Crippen LogP contribution in [0.5, 0.6) is 0 Å². The van der Waals surface area contributed by atoms with Gasteiger partial charge in [0.1, 0.15) is 0 Å². The van der Waals surface area contributed by atoms with Gasteiger partial charge in [-0.1, -0.05) is 41.6 Å². The van der Waals surface area contributed by atoms with Crippen LogP contribution in [0.1, 0.15) is 5.69 Å². The summed E-state index contributed by atoms with van der Waals surface area (Å²) in [6.45, 7) is 0. The monoisotopic (exact) mass is 386 g/mol. The highest BCUT2D eigenvalue weighted by Crippen LogP contribution is 2.24. The molecule has 9 heteroatoms. The van der Waals surface area contributed by atoms with Gasteiger partial charge in [-0.2, -0.15) is 5.10 Å². The van der Waals surface area contributed by atoms with Crippen LogP contribution in [0.25, 0.3) is 11.4 Å². The van der Waals surface area contributed by atoms with Crippen molar-refractivity contribution in [3.8, 4) is 11.4 Å². The Morgan fingerprint density at radius 1 is 1.31 bits per heavy atom. The van der Waals surface area contributed by atoms with Gasteiger partial charge in [0.15, 0.2) is 11.0 Å². The van der Waals surface area contributed by atoms with Crippen molar-refractivity contribution in [3.05, 3.63) is 59.4 Å². The van der Waals surface area contributed by atoms with Gasteiger partial charge < -0.3 is 4.57 Å². The predicted molar refractivity (Wildman–Crippen MR) is 102 cm³/mol. The maximum absolute atomic E-state index is 11.9. The van der Waals surface area contributed by atoms with Gasteiger partial charge in [-0.15, -0.1) is 10.2 Å². The number of thioether (sulfide) groups is 1. The number of rotatable bonds is 6. The highest BCUT2D eigenvalue weighted by atomic mass is 35.5. The van der Waals surface area contributed by atoms with Crippen LogP contribution in [0.4, 0.5) is 0 Å². The minimum Gasteiger partial charge on any atom is -0.305 e. The third kappa shape index (κ3) is 4.68. The first kappa shape index (κ1) is 18.1. The maximum atomic E-state index is 11.9. The van der Waals surface area contributed by atoms with Crippen molar-refractivity contribution in [1.82, 2.24) is 25.2 Å². The van der Waals surface area contributed by atoms with Crippen LogP contribution in [-0.2, 0) is 11.8 Å². The van der Waals surface area contributed by atoms with Crippen molar-refractivity contribution in [2.45, 2.75) is 5.16 Å². The third-order valence-electron chi connectivity index (χ3n) is 3.32. The van der Waals surface area contributed by atoms with E-state index in [1.165, 1.54) is 18.0 Å². The lowest BCUT2D eigenvalue weighted by Crippen LogP contribution is -2.20. The third-order valence-corrected chi connectivity index (χ3v) is 4.58. The topological polar surface area (TPSA) is 85.1 Å². The van der Waals surface area contributed by atoms with E-state index in [9.17, 15) is 4.79 Å². The van der Waals surface area contributed by atoms with E-state index >= 15 is 0 Å². The molecule has 0 fully saturated rings. The summed E-state index contributed by atoms with van der Waals surface area (Å²) in [6, 6.07) is 12.8.